The second kappa shape index (κ2) is 16.7. The number of rotatable bonds is 9. The summed E-state index contributed by atoms with van der Waals surface area (Å²) in [7, 11) is 0. The van der Waals surface area contributed by atoms with E-state index in [1.165, 1.54) is 10.8 Å². The molecule has 0 aliphatic rings. The van der Waals surface area contributed by atoms with Gasteiger partial charge < -0.3 is 18.9 Å². The highest BCUT2D eigenvalue weighted by Gasteiger charge is 2.20. The molecule has 0 atom stereocenters. The van der Waals surface area contributed by atoms with E-state index in [-0.39, 0.29) is 0 Å². The van der Waals surface area contributed by atoms with Gasteiger partial charge in [-0.15, -0.1) is 0 Å². The average Bonchev–Trinajstić information content (AvgIpc) is 3.92. The fraction of sp³-hybridized carbons (Fsp3) is 0. The quantitative estimate of drug-likeness (QED) is 0.145. The first-order valence-electron chi connectivity index (χ1n) is 22.6. The van der Waals surface area contributed by atoms with Crippen molar-refractivity contribution in [2.75, 3.05) is 9.80 Å². The fourth-order valence-corrected chi connectivity index (χ4v) is 9.78. The van der Waals surface area contributed by atoms with Crippen molar-refractivity contribution in [1.82, 2.24) is 9.13 Å². The van der Waals surface area contributed by atoms with E-state index in [4.69, 9.17) is 0 Å². The fourth-order valence-electron chi connectivity index (χ4n) is 9.78. The van der Waals surface area contributed by atoms with Crippen LogP contribution in [-0.4, -0.2) is 9.13 Å². The monoisotopic (exact) mass is 868 g/mol. The summed E-state index contributed by atoms with van der Waals surface area (Å²) >= 11 is 0. The minimum absolute atomic E-state index is 0.614. The van der Waals surface area contributed by atoms with E-state index in [2.05, 4.69) is 213 Å². The SMILES string of the molecule is N#Cc1ccc(N(c2ccc(-c3ccc(N(c4ccc(C#N)cc4)c4ccc5c(c4)c4ccccc4n5-c4ccccc4)cc3)cc2)c2ccc3c(c2)c2ccccc2n3-c2ccccc2)cc1. The topological polar surface area (TPSA) is 63.9 Å². The lowest BCUT2D eigenvalue weighted by Gasteiger charge is -2.26. The maximum Gasteiger partial charge on any atom is 0.0991 e. The average molecular weight is 869 g/mol. The van der Waals surface area contributed by atoms with E-state index in [9.17, 15) is 10.5 Å². The summed E-state index contributed by atoms with van der Waals surface area (Å²) in [6.07, 6.45) is 0. The number of hydrogen-bond acceptors (Lipinski definition) is 4. The number of fused-ring (bicyclic) bond motifs is 6. The molecule has 2 aromatic heterocycles. The number of nitrogens with zero attached hydrogens (tertiary/aromatic N) is 6. The molecule has 0 amide bonds. The number of benzene rings is 10. The second-order valence-corrected chi connectivity index (χ2v) is 16.9. The molecular weight excluding hydrogens is 829 g/mol. The van der Waals surface area contributed by atoms with E-state index in [1.54, 1.807) is 0 Å². The summed E-state index contributed by atoms with van der Waals surface area (Å²) in [5, 5.41) is 24.0. The molecule has 6 nitrogen and oxygen atoms in total. The predicted octanol–water partition coefficient (Wildman–Crippen LogP) is 16.2. The van der Waals surface area contributed by atoms with Crippen molar-refractivity contribution in [2.45, 2.75) is 0 Å². The van der Waals surface area contributed by atoms with Crippen LogP contribution >= 0.6 is 0 Å². The van der Waals surface area contributed by atoms with Crippen molar-refractivity contribution in [3.63, 3.8) is 0 Å². The Balaban J connectivity index is 0.917. The molecule has 0 spiro atoms. The Labute approximate surface area is 393 Å². The molecule has 0 bridgehead atoms. The van der Waals surface area contributed by atoms with Crippen molar-refractivity contribution < 1.29 is 0 Å². The molecule has 0 aliphatic heterocycles. The molecule has 0 fully saturated rings. The Bertz CT molecular complexity index is 3630. The lowest BCUT2D eigenvalue weighted by molar-refractivity contribution is 1.18. The summed E-state index contributed by atoms with van der Waals surface area (Å²) in [4.78, 5) is 4.51. The molecule has 68 heavy (non-hydrogen) atoms. The molecule has 0 radical (unpaired) electrons. The molecule has 318 valence electrons. The Morgan fingerprint density at radius 3 is 0.956 bits per heavy atom. The molecule has 0 unspecified atom stereocenters. The van der Waals surface area contributed by atoms with Gasteiger partial charge in [-0.05, 0) is 157 Å². The normalized spacial score (nSPS) is 11.2. The van der Waals surface area contributed by atoms with Gasteiger partial charge >= 0.3 is 0 Å². The summed E-state index contributed by atoms with van der Waals surface area (Å²) in [6, 6.07) is 89.0. The summed E-state index contributed by atoms with van der Waals surface area (Å²) < 4.78 is 4.66. The van der Waals surface area contributed by atoms with Gasteiger partial charge in [-0.1, -0.05) is 97.1 Å². The third-order valence-electron chi connectivity index (χ3n) is 13.0. The van der Waals surface area contributed by atoms with E-state index in [1.807, 2.05) is 60.7 Å². The van der Waals surface area contributed by atoms with Gasteiger partial charge in [-0.2, -0.15) is 10.5 Å². The zero-order valence-corrected chi connectivity index (χ0v) is 36.8. The summed E-state index contributed by atoms with van der Waals surface area (Å²) in [6.45, 7) is 0. The molecule has 0 saturated carbocycles. The minimum Gasteiger partial charge on any atom is -0.310 e. The molecule has 0 aliphatic carbocycles. The molecule has 12 aromatic rings. The zero-order chi connectivity index (χ0) is 45.6. The van der Waals surface area contributed by atoms with Crippen molar-refractivity contribution >= 4 is 77.7 Å². The first-order valence-corrected chi connectivity index (χ1v) is 22.6. The highest BCUT2D eigenvalue weighted by Crippen LogP contribution is 2.43. The number of aromatic nitrogens is 2. The van der Waals surface area contributed by atoms with Gasteiger partial charge in [0.25, 0.3) is 0 Å². The molecular formula is C62H40N6. The summed E-state index contributed by atoms with van der Waals surface area (Å²) in [5.41, 5.74) is 16.1. The van der Waals surface area contributed by atoms with Gasteiger partial charge in [0.15, 0.2) is 0 Å². The van der Waals surface area contributed by atoms with Crippen LogP contribution in [0.3, 0.4) is 0 Å². The highest BCUT2D eigenvalue weighted by atomic mass is 15.1. The van der Waals surface area contributed by atoms with Crippen molar-refractivity contribution in [3.8, 4) is 34.6 Å². The van der Waals surface area contributed by atoms with Gasteiger partial charge in [0.1, 0.15) is 0 Å². The second-order valence-electron chi connectivity index (χ2n) is 16.9. The van der Waals surface area contributed by atoms with Crippen LogP contribution in [0.25, 0.3) is 66.1 Å². The molecule has 6 heteroatoms. The van der Waals surface area contributed by atoms with Gasteiger partial charge in [-0.25, -0.2) is 0 Å². The van der Waals surface area contributed by atoms with E-state index in [0.29, 0.717) is 11.1 Å². The third kappa shape index (κ3) is 6.89. The number of nitriles is 2. The van der Waals surface area contributed by atoms with Gasteiger partial charge in [0, 0.05) is 67.0 Å². The van der Waals surface area contributed by atoms with Gasteiger partial charge in [0.05, 0.1) is 45.3 Å². The predicted molar refractivity (Wildman–Crippen MR) is 279 cm³/mol. The van der Waals surface area contributed by atoms with Crippen LogP contribution < -0.4 is 9.80 Å². The van der Waals surface area contributed by atoms with Crippen LogP contribution in [0.5, 0.6) is 0 Å². The number of hydrogen-bond donors (Lipinski definition) is 0. The number of anilines is 6. The van der Waals surface area contributed by atoms with Crippen LogP contribution in [0.1, 0.15) is 11.1 Å². The zero-order valence-electron chi connectivity index (χ0n) is 36.8. The molecule has 12 rings (SSSR count). The van der Waals surface area contributed by atoms with E-state index >= 15 is 0 Å². The molecule has 2 heterocycles. The number of para-hydroxylation sites is 4. The van der Waals surface area contributed by atoms with Crippen molar-refractivity contribution in [3.05, 3.63) is 254 Å². The maximum atomic E-state index is 9.67. The lowest BCUT2D eigenvalue weighted by Crippen LogP contribution is -2.10. The highest BCUT2D eigenvalue weighted by molar-refractivity contribution is 6.12. The van der Waals surface area contributed by atoms with E-state index in [0.717, 1.165) is 89.5 Å². The standard InChI is InChI=1S/C62H40N6/c63-41-43-19-27-49(28-20-43)65(53-35-37-61-57(39-53)55-15-7-9-17-59(55)67(61)47-11-3-1-4-12-47)51-31-23-45(24-32-51)46-25-33-52(34-26-46)66(50-29-21-44(42-64)22-30-50)54-36-38-62-58(40-54)56-16-8-10-18-60(56)68(62)48-13-5-2-6-14-48/h1-40H. The van der Waals surface area contributed by atoms with Gasteiger partial charge in [-0.3, -0.25) is 0 Å². The molecule has 0 N–H and O–H groups in total. The first-order chi connectivity index (χ1) is 33.6. The maximum absolute atomic E-state index is 9.67. The lowest BCUT2D eigenvalue weighted by atomic mass is 10.0. The van der Waals surface area contributed by atoms with Gasteiger partial charge in [0.2, 0.25) is 0 Å². The summed E-state index contributed by atoms with van der Waals surface area (Å²) in [5.74, 6) is 0. The van der Waals surface area contributed by atoms with Crippen molar-refractivity contribution in [1.29, 1.82) is 10.5 Å². The van der Waals surface area contributed by atoms with E-state index < -0.39 is 0 Å². The first kappa shape index (κ1) is 39.9. The molecule has 0 saturated heterocycles. The Kier molecular flexibility index (Phi) is 9.83. The third-order valence-corrected chi connectivity index (χ3v) is 13.0. The van der Waals surface area contributed by atoms with Crippen LogP contribution in [0.2, 0.25) is 0 Å². The van der Waals surface area contributed by atoms with Crippen LogP contribution in [0.4, 0.5) is 34.1 Å². The van der Waals surface area contributed by atoms with Crippen molar-refractivity contribution in [2.24, 2.45) is 0 Å². The van der Waals surface area contributed by atoms with Crippen LogP contribution in [0.15, 0.2) is 243 Å². The Hall–Kier alpha value is -9.62. The minimum atomic E-state index is 0.614. The molecule has 10 aromatic carbocycles. The smallest absolute Gasteiger partial charge is 0.0991 e. The largest absolute Gasteiger partial charge is 0.310 e. The van der Waals surface area contributed by atoms with Crippen LogP contribution in [-0.2, 0) is 0 Å². The Morgan fingerprint density at radius 2 is 0.588 bits per heavy atom. The Morgan fingerprint density at radius 1 is 0.279 bits per heavy atom. The van der Waals surface area contributed by atoms with Crippen LogP contribution in [0, 0.1) is 22.7 Å².